The molecule has 1 aromatic rings. The van der Waals surface area contributed by atoms with Crippen LogP contribution in [0.5, 0.6) is 0 Å². The molecule has 0 aliphatic rings. The predicted octanol–water partition coefficient (Wildman–Crippen LogP) is 1.48. The maximum absolute atomic E-state index is 13.1. The molecule has 0 aromatic heterocycles. The van der Waals surface area contributed by atoms with Crippen LogP contribution in [-0.2, 0) is 9.53 Å². The van der Waals surface area contributed by atoms with Crippen LogP contribution >= 0.6 is 0 Å². The summed E-state index contributed by atoms with van der Waals surface area (Å²) in [5.74, 6) is -1.90. The number of anilines is 1. The minimum Gasteiger partial charge on any atom is -0.452 e. The molecule has 1 rings (SSSR count). The second-order valence-electron chi connectivity index (χ2n) is 5.11. The van der Waals surface area contributed by atoms with Gasteiger partial charge in [0.05, 0.1) is 11.3 Å². The van der Waals surface area contributed by atoms with Gasteiger partial charge in [0.25, 0.3) is 5.91 Å². The van der Waals surface area contributed by atoms with Gasteiger partial charge in [0.2, 0.25) is 0 Å². The topological polar surface area (TPSA) is 81.4 Å². The van der Waals surface area contributed by atoms with E-state index in [0.29, 0.717) is 0 Å². The SMILES string of the molecule is CC(C)(C)NC(=O)COC(=O)c1ccc(N)c(F)c1. The molecule has 0 spiro atoms. The Balaban J connectivity index is 2.56. The zero-order valence-electron chi connectivity index (χ0n) is 11.1. The highest BCUT2D eigenvalue weighted by Crippen LogP contribution is 2.12. The molecule has 1 aromatic carbocycles. The Morgan fingerprint density at radius 1 is 1.37 bits per heavy atom. The summed E-state index contributed by atoms with van der Waals surface area (Å²) in [7, 11) is 0. The molecule has 0 heterocycles. The van der Waals surface area contributed by atoms with Crippen LogP contribution in [0.1, 0.15) is 31.1 Å². The number of amides is 1. The number of hydrogen-bond donors (Lipinski definition) is 2. The van der Waals surface area contributed by atoms with Crippen molar-refractivity contribution in [1.82, 2.24) is 5.32 Å². The molecule has 0 saturated carbocycles. The van der Waals surface area contributed by atoms with Gasteiger partial charge in [-0.05, 0) is 39.0 Å². The third-order valence-electron chi connectivity index (χ3n) is 2.08. The second kappa shape index (κ2) is 5.69. The highest BCUT2D eigenvalue weighted by Gasteiger charge is 2.16. The maximum atomic E-state index is 13.1. The molecule has 0 unspecified atom stereocenters. The van der Waals surface area contributed by atoms with Crippen LogP contribution in [0.3, 0.4) is 0 Å². The predicted molar refractivity (Wildman–Crippen MR) is 69.0 cm³/mol. The fourth-order valence-corrected chi connectivity index (χ4v) is 1.32. The Bertz CT molecular complexity index is 495. The van der Waals surface area contributed by atoms with Crippen LogP contribution in [0.25, 0.3) is 0 Å². The van der Waals surface area contributed by atoms with Gasteiger partial charge in [-0.15, -0.1) is 0 Å². The van der Waals surface area contributed by atoms with Crippen LogP contribution in [0.2, 0.25) is 0 Å². The summed E-state index contributed by atoms with van der Waals surface area (Å²) >= 11 is 0. The zero-order valence-corrected chi connectivity index (χ0v) is 11.1. The fourth-order valence-electron chi connectivity index (χ4n) is 1.32. The number of carbonyl (C=O) groups is 2. The van der Waals surface area contributed by atoms with E-state index in [1.165, 1.54) is 12.1 Å². The summed E-state index contributed by atoms with van der Waals surface area (Å²) in [6.07, 6.45) is 0. The first-order chi connectivity index (χ1) is 8.69. The van der Waals surface area contributed by atoms with Crippen molar-refractivity contribution >= 4 is 17.6 Å². The number of nitrogens with one attached hydrogen (secondary N) is 1. The molecule has 6 heteroatoms. The van der Waals surface area contributed by atoms with E-state index in [4.69, 9.17) is 10.5 Å². The third kappa shape index (κ3) is 4.95. The Kier molecular flexibility index (Phi) is 4.47. The third-order valence-corrected chi connectivity index (χ3v) is 2.08. The Labute approximate surface area is 110 Å². The van der Waals surface area contributed by atoms with E-state index in [0.717, 1.165) is 6.07 Å². The highest BCUT2D eigenvalue weighted by molar-refractivity contribution is 5.91. The average molecular weight is 268 g/mol. The van der Waals surface area contributed by atoms with E-state index in [2.05, 4.69) is 5.32 Å². The van der Waals surface area contributed by atoms with Crippen LogP contribution in [0.4, 0.5) is 10.1 Å². The van der Waals surface area contributed by atoms with Crippen molar-refractivity contribution in [2.75, 3.05) is 12.3 Å². The van der Waals surface area contributed by atoms with E-state index in [9.17, 15) is 14.0 Å². The van der Waals surface area contributed by atoms with Crippen molar-refractivity contribution in [1.29, 1.82) is 0 Å². The highest BCUT2D eigenvalue weighted by atomic mass is 19.1. The van der Waals surface area contributed by atoms with Gasteiger partial charge in [0, 0.05) is 5.54 Å². The summed E-state index contributed by atoms with van der Waals surface area (Å²) in [6.45, 7) is 5.01. The van der Waals surface area contributed by atoms with Gasteiger partial charge < -0.3 is 15.8 Å². The number of nitrogen functional groups attached to an aromatic ring is 1. The van der Waals surface area contributed by atoms with Crippen molar-refractivity contribution in [2.24, 2.45) is 0 Å². The molecule has 104 valence electrons. The van der Waals surface area contributed by atoms with E-state index in [-0.39, 0.29) is 11.3 Å². The lowest BCUT2D eigenvalue weighted by molar-refractivity contribution is -0.125. The molecule has 0 fully saturated rings. The van der Waals surface area contributed by atoms with Gasteiger partial charge in [-0.2, -0.15) is 0 Å². The van der Waals surface area contributed by atoms with Crippen molar-refractivity contribution in [3.8, 4) is 0 Å². The average Bonchev–Trinajstić information content (AvgIpc) is 2.27. The van der Waals surface area contributed by atoms with Gasteiger partial charge in [-0.25, -0.2) is 9.18 Å². The second-order valence-corrected chi connectivity index (χ2v) is 5.11. The fraction of sp³-hybridized carbons (Fsp3) is 0.385. The van der Waals surface area contributed by atoms with E-state index in [1.807, 2.05) is 20.8 Å². The van der Waals surface area contributed by atoms with Crippen LogP contribution in [-0.4, -0.2) is 24.0 Å². The number of nitrogens with two attached hydrogens (primary N) is 1. The number of hydrogen-bond acceptors (Lipinski definition) is 4. The molecular weight excluding hydrogens is 251 g/mol. The molecule has 0 radical (unpaired) electrons. The Morgan fingerprint density at radius 2 is 2.00 bits per heavy atom. The van der Waals surface area contributed by atoms with Gasteiger partial charge in [-0.1, -0.05) is 0 Å². The van der Waals surface area contributed by atoms with Crippen molar-refractivity contribution in [2.45, 2.75) is 26.3 Å². The monoisotopic (exact) mass is 268 g/mol. The van der Waals surface area contributed by atoms with Crippen molar-refractivity contribution in [3.05, 3.63) is 29.6 Å². The molecule has 0 saturated heterocycles. The Hall–Kier alpha value is -2.11. The summed E-state index contributed by atoms with van der Waals surface area (Å²) in [5, 5.41) is 2.64. The number of ether oxygens (including phenoxy) is 1. The molecule has 0 bridgehead atoms. The Morgan fingerprint density at radius 3 is 2.53 bits per heavy atom. The lowest BCUT2D eigenvalue weighted by Crippen LogP contribution is -2.42. The summed E-state index contributed by atoms with van der Waals surface area (Å²) in [6, 6.07) is 3.57. The summed E-state index contributed by atoms with van der Waals surface area (Å²) in [5.41, 5.74) is 4.84. The molecule has 19 heavy (non-hydrogen) atoms. The van der Waals surface area contributed by atoms with Crippen molar-refractivity contribution < 1.29 is 18.7 Å². The van der Waals surface area contributed by atoms with Crippen LogP contribution in [0.15, 0.2) is 18.2 Å². The minimum atomic E-state index is -0.775. The summed E-state index contributed by atoms with van der Waals surface area (Å²) in [4.78, 5) is 23.0. The number of esters is 1. The largest absolute Gasteiger partial charge is 0.452 e. The molecule has 5 nitrogen and oxygen atoms in total. The lowest BCUT2D eigenvalue weighted by Gasteiger charge is -2.20. The van der Waals surface area contributed by atoms with Crippen LogP contribution in [0, 0.1) is 5.82 Å². The number of halogens is 1. The molecular formula is C13H17FN2O3. The van der Waals surface area contributed by atoms with Crippen LogP contribution < -0.4 is 11.1 Å². The van der Waals surface area contributed by atoms with Gasteiger partial charge in [-0.3, -0.25) is 4.79 Å². The van der Waals surface area contributed by atoms with E-state index in [1.54, 1.807) is 0 Å². The number of carbonyl (C=O) groups excluding carboxylic acids is 2. The molecule has 0 aliphatic carbocycles. The number of rotatable bonds is 3. The first kappa shape index (κ1) is 14.9. The van der Waals surface area contributed by atoms with Crippen molar-refractivity contribution in [3.63, 3.8) is 0 Å². The molecule has 1 amide bonds. The standard InChI is InChI=1S/C13H17FN2O3/c1-13(2,3)16-11(17)7-19-12(18)8-4-5-10(15)9(14)6-8/h4-6H,7,15H2,1-3H3,(H,16,17). The lowest BCUT2D eigenvalue weighted by atomic mass is 10.1. The molecule has 3 N–H and O–H groups in total. The van der Waals surface area contributed by atoms with E-state index < -0.39 is 29.8 Å². The zero-order chi connectivity index (χ0) is 14.6. The molecule has 0 aliphatic heterocycles. The number of benzene rings is 1. The first-order valence-corrected chi connectivity index (χ1v) is 5.72. The van der Waals surface area contributed by atoms with Gasteiger partial charge in [0.15, 0.2) is 6.61 Å². The minimum absolute atomic E-state index is 0.00950. The first-order valence-electron chi connectivity index (χ1n) is 5.72. The quantitative estimate of drug-likeness (QED) is 0.642. The van der Waals surface area contributed by atoms with E-state index >= 15 is 0 Å². The summed E-state index contributed by atoms with van der Waals surface area (Å²) < 4.78 is 17.9. The van der Waals surface area contributed by atoms with Gasteiger partial charge >= 0.3 is 5.97 Å². The van der Waals surface area contributed by atoms with Gasteiger partial charge in [0.1, 0.15) is 5.82 Å². The smallest absolute Gasteiger partial charge is 0.338 e. The normalized spacial score (nSPS) is 10.9. The molecule has 0 atom stereocenters. The maximum Gasteiger partial charge on any atom is 0.338 e.